The number of para-hydroxylation sites is 1. The number of ketones is 1. The van der Waals surface area contributed by atoms with Crippen molar-refractivity contribution in [3.8, 4) is 5.75 Å². The van der Waals surface area contributed by atoms with Crippen LogP contribution in [0.15, 0.2) is 54.6 Å². The quantitative estimate of drug-likeness (QED) is 0.732. The summed E-state index contributed by atoms with van der Waals surface area (Å²) in [5.74, 6) is 1.08. The average Bonchev–Trinajstić information content (AvgIpc) is 2.68. The van der Waals surface area contributed by atoms with Gasteiger partial charge in [0, 0.05) is 24.5 Å². The molecule has 3 nitrogen and oxygen atoms in total. The van der Waals surface area contributed by atoms with Crippen molar-refractivity contribution in [2.45, 2.75) is 50.7 Å². The molecule has 2 aliphatic rings. The van der Waals surface area contributed by atoms with Crippen LogP contribution in [-0.4, -0.2) is 29.9 Å². The zero-order chi connectivity index (χ0) is 17.9. The Morgan fingerprint density at radius 3 is 2.35 bits per heavy atom. The van der Waals surface area contributed by atoms with Crippen LogP contribution in [0.4, 0.5) is 0 Å². The van der Waals surface area contributed by atoms with Gasteiger partial charge in [0.15, 0.2) is 5.78 Å². The van der Waals surface area contributed by atoms with E-state index < -0.39 is 0 Å². The highest BCUT2D eigenvalue weighted by Gasteiger charge is 2.41. The number of methoxy groups -OCH3 is 1. The largest absolute Gasteiger partial charge is 0.496 e. The van der Waals surface area contributed by atoms with Crippen molar-refractivity contribution in [1.82, 2.24) is 4.90 Å². The van der Waals surface area contributed by atoms with Gasteiger partial charge in [-0.2, -0.15) is 0 Å². The third-order valence-electron chi connectivity index (χ3n) is 6.08. The lowest BCUT2D eigenvalue weighted by atomic mass is 9.75. The lowest BCUT2D eigenvalue weighted by molar-refractivity contribution is 0.00899. The number of benzene rings is 2. The topological polar surface area (TPSA) is 29.5 Å². The molecule has 2 bridgehead atoms. The molecule has 2 aliphatic heterocycles. The first-order valence-corrected chi connectivity index (χ1v) is 9.73. The third-order valence-corrected chi connectivity index (χ3v) is 6.08. The molecule has 0 saturated carbocycles. The summed E-state index contributed by atoms with van der Waals surface area (Å²) >= 11 is 0. The van der Waals surface area contributed by atoms with Crippen molar-refractivity contribution in [2.75, 3.05) is 7.11 Å². The minimum Gasteiger partial charge on any atom is -0.496 e. The van der Waals surface area contributed by atoms with E-state index in [4.69, 9.17) is 4.74 Å². The molecule has 4 rings (SSSR count). The second-order valence-corrected chi connectivity index (χ2v) is 7.63. The van der Waals surface area contributed by atoms with Crippen LogP contribution in [0.2, 0.25) is 0 Å². The standard InChI is InChI=1S/C23H27NO2/c1-26-22-13-6-5-12-21(22)23(25)18-14-19-10-7-11-20(15-18)24(19)16-17-8-3-2-4-9-17/h2-6,8-9,12-13,18-20H,7,10-11,14-16H2,1H3. The van der Waals surface area contributed by atoms with Gasteiger partial charge in [0.05, 0.1) is 12.7 Å². The van der Waals surface area contributed by atoms with Gasteiger partial charge < -0.3 is 4.74 Å². The minimum atomic E-state index is 0.119. The second kappa shape index (κ2) is 7.63. The number of Topliss-reactive ketones (excluding diaryl/α,β-unsaturated/α-hetero) is 1. The van der Waals surface area contributed by atoms with Crippen molar-refractivity contribution in [3.63, 3.8) is 0 Å². The molecule has 2 heterocycles. The van der Waals surface area contributed by atoms with Crippen LogP contribution in [0.1, 0.15) is 48.0 Å². The van der Waals surface area contributed by atoms with Crippen molar-refractivity contribution < 1.29 is 9.53 Å². The predicted octanol–water partition coefficient (Wildman–Crippen LogP) is 4.71. The molecule has 0 N–H and O–H groups in total. The molecule has 0 amide bonds. The molecule has 0 aromatic heterocycles. The van der Waals surface area contributed by atoms with Gasteiger partial charge in [0.25, 0.3) is 0 Å². The van der Waals surface area contributed by atoms with Crippen LogP contribution in [0, 0.1) is 5.92 Å². The molecule has 2 saturated heterocycles. The summed E-state index contributed by atoms with van der Waals surface area (Å²) < 4.78 is 5.42. The second-order valence-electron chi connectivity index (χ2n) is 7.63. The first kappa shape index (κ1) is 17.3. The maximum Gasteiger partial charge on any atom is 0.169 e. The summed E-state index contributed by atoms with van der Waals surface area (Å²) in [4.78, 5) is 15.8. The summed E-state index contributed by atoms with van der Waals surface area (Å²) in [5.41, 5.74) is 2.12. The molecule has 2 fully saturated rings. The van der Waals surface area contributed by atoms with E-state index in [-0.39, 0.29) is 11.7 Å². The highest BCUT2D eigenvalue weighted by molar-refractivity contribution is 6.00. The van der Waals surface area contributed by atoms with Crippen LogP contribution in [0.25, 0.3) is 0 Å². The van der Waals surface area contributed by atoms with E-state index in [0.717, 1.165) is 24.9 Å². The molecular formula is C23H27NO2. The number of hydrogen-bond donors (Lipinski definition) is 0. The molecule has 2 aromatic rings. The summed E-state index contributed by atoms with van der Waals surface area (Å²) in [5, 5.41) is 0. The van der Waals surface area contributed by atoms with Crippen LogP contribution < -0.4 is 4.74 Å². The van der Waals surface area contributed by atoms with Crippen LogP contribution in [-0.2, 0) is 6.54 Å². The molecule has 26 heavy (non-hydrogen) atoms. The van der Waals surface area contributed by atoms with E-state index in [9.17, 15) is 4.79 Å². The Hall–Kier alpha value is -2.13. The number of piperidine rings is 2. The van der Waals surface area contributed by atoms with Gasteiger partial charge in [-0.15, -0.1) is 0 Å². The fourth-order valence-electron chi connectivity index (χ4n) is 4.81. The fraction of sp³-hybridized carbons (Fsp3) is 0.435. The number of ether oxygens (including phenoxy) is 1. The zero-order valence-corrected chi connectivity index (χ0v) is 15.4. The predicted molar refractivity (Wildman–Crippen MR) is 103 cm³/mol. The zero-order valence-electron chi connectivity index (χ0n) is 15.4. The Morgan fingerprint density at radius 1 is 1.00 bits per heavy atom. The van der Waals surface area contributed by atoms with Crippen molar-refractivity contribution in [1.29, 1.82) is 0 Å². The van der Waals surface area contributed by atoms with E-state index in [2.05, 4.69) is 35.2 Å². The molecule has 0 radical (unpaired) electrons. The van der Waals surface area contributed by atoms with Crippen molar-refractivity contribution in [3.05, 3.63) is 65.7 Å². The van der Waals surface area contributed by atoms with Gasteiger partial charge in [0.2, 0.25) is 0 Å². The Morgan fingerprint density at radius 2 is 1.65 bits per heavy atom. The van der Waals surface area contributed by atoms with Gasteiger partial charge in [-0.3, -0.25) is 9.69 Å². The summed E-state index contributed by atoms with van der Waals surface area (Å²) in [6.07, 6.45) is 5.65. The maximum atomic E-state index is 13.2. The number of fused-ring (bicyclic) bond motifs is 2. The Kier molecular flexibility index (Phi) is 5.07. The maximum absolute atomic E-state index is 13.2. The van der Waals surface area contributed by atoms with E-state index in [1.807, 2.05) is 24.3 Å². The first-order chi connectivity index (χ1) is 12.8. The number of nitrogens with zero attached hydrogens (tertiary/aromatic N) is 1. The normalized spacial score (nSPS) is 25.7. The summed E-state index contributed by atoms with van der Waals surface area (Å²) in [7, 11) is 1.64. The number of hydrogen-bond acceptors (Lipinski definition) is 3. The number of carbonyl (C=O) groups is 1. The monoisotopic (exact) mass is 349 g/mol. The fourth-order valence-corrected chi connectivity index (χ4v) is 4.81. The molecule has 2 atom stereocenters. The van der Waals surface area contributed by atoms with E-state index in [1.165, 1.54) is 24.8 Å². The lowest BCUT2D eigenvalue weighted by Crippen LogP contribution is -2.52. The molecule has 3 heteroatoms. The molecule has 136 valence electrons. The molecular weight excluding hydrogens is 322 g/mol. The third kappa shape index (κ3) is 3.41. The van der Waals surface area contributed by atoms with Gasteiger partial charge in [-0.1, -0.05) is 48.9 Å². The SMILES string of the molecule is COc1ccccc1C(=O)C1CC2CCCC(C1)N2Cc1ccccc1. The van der Waals surface area contributed by atoms with Gasteiger partial charge >= 0.3 is 0 Å². The molecule has 2 aromatic carbocycles. The van der Waals surface area contributed by atoms with Crippen molar-refractivity contribution >= 4 is 5.78 Å². The summed E-state index contributed by atoms with van der Waals surface area (Å²) in [6, 6.07) is 19.4. The van der Waals surface area contributed by atoms with Crippen LogP contribution in [0.3, 0.4) is 0 Å². The van der Waals surface area contributed by atoms with Gasteiger partial charge in [0.1, 0.15) is 5.75 Å². The van der Waals surface area contributed by atoms with E-state index in [1.54, 1.807) is 7.11 Å². The lowest BCUT2D eigenvalue weighted by Gasteiger charge is -2.48. The molecule has 2 unspecified atom stereocenters. The number of rotatable bonds is 5. The first-order valence-electron chi connectivity index (χ1n) is 9.73. The average molecular weight is 349 g/mol. The summed E-state index contributed by atoms with van der Waals surface area (Å²) in [6.45, 7) is 1.01. The van der Waals surface area contributed by atoms with Crippen LogP contribution >= 0.6 is 0 Å². The minimum absolute atomic E-state index is 0.119. The van der Waals surface area contributed by atoms with Gasteiger partial charge in [-0.05, 0) is 43.4 Å². The van der Waals surface area contributed by atoms with Gasteiger partial charge in [-0.25, -0.2) is 0 Å². The Bertz CT molecular complexity index is 744. The van der Waals surface area contributed by atoms with E-state index >= 15 is 0 Å². The van der Waals surface area contributed by atoms with E-state index in [0.29, 0.717) is 17.8 Å². The molecule has 0 spiro atoms. The highest BCUT2D eigenvalue weighted by Crippen LogP contribution is 2.39. The number of carbonyl (C=O) groups excluding carboxylic acids is 1. The highest BCUT2D eigenvalue weighted by atomic mass is 16.5. The Labute approximate surface area is 156 Å². The Balaban J connectivity index is 1.51. The van der Waals surface area contributed by atoms with Crippen LogP contribution in [0.5, 0.6) is 5.75 Å². The van der Waals surface area contributed by atoms with Crippen molar-refractivity contribution in [2.24, 2.45) is 5.92 Å². The smallest absolute Gasteiger partial charge is 0.169 e. The molecule has 0 aliphatic carbocycles.